The van der Waals surface area contributed by atoms with Crippen molar-refractivity contribution in [2.75, 3.05) is 5.32 Å². The van der Waals surface area contributed by atoms with Crippen molar-refractivity contribution >= 4 is 11.6 Å². The number of halogens is 3. The van der Waals surface area contributed by atoms with Gasteiger partial charge < -0.3 is 5.32 Å². The lowest BCUT2D eigenvalue weighted by molar-refractivity contribution is -0.141. The minimum absolute atomic E-state index is 0.0492. The largest absolute Gasteiger partial charge is 0.435 e. The van der Waals surface area contributed by atoms with E-state index in [0.29, 0.717) is 5.69 Å². The van der Waals surface area contributed by atoms with Gasteiger partial charge in [-0.05, 0) is 38.0 Å². The molecule has 0 fully saturated rings. The molecule has 0 aliphatic heterocycles. The van der Waals surface area contributed by atoms with E-state index in [1.165, 1.54) is 11.6 Å². The summed E-state index contributed by atoms with van der Waals surface area (Å²) in [6.45, 7) is 5.40. The Bertz CT molecular complexity index is 700. The molecule has 1 N–H and O–H groups in total. The predicted octanol–water partition coefficient (Wildman–Crippen LogP) is 3.86. The average molecular weight is 325 g/mol. The van der Waals surface area contributed by atoms with Gasteiger partial charge in [-0.15, -0.1) is 0 Å². The maximum Gasteiger partial charge on any atom is 0.435 e. The van der Waals surface area contributed by atoms with Gasteiger partial charge in [0.05, 0.1) is 0 Å². The van der Waals surface area contributed by atoms with E-state index in [1.54, 1.807) is 0 Å². The molecule has 2 aromatic rings. The number of benzene rings is 1. The van der Waals surface area contributed by atoms with Crippen molar-refractivity contribution in [2.45, 2.75) is 39.9 Å². The number of carbonyl (C=O) groups is 1. The normalized spacial score (nSPS) is 11.6. The van der Waals surface area contributed by atoms with E-state index < -0.39 is 11.9 Å². The summed E-state index contributed by atoms with van der Waals surface area (Å²) in [5.41, 5.74) is 2.05. The summed E-state index contributed by atoms with van der Waals surface area (Å²) >= 11 is 0. The molecule has 124 valence electrons. The van der Waals surface area contributed by atoms with Crippen LogP contribution in [0.4, 0.5) is 18.9 Å². The zero-order chi connectivity index (χ0) is 17.2. The van der Waals surface area contributed by atoms with Gasteiger partial charge in [0.25, 0.3) is 0 Å². The molecule has 0 saturated carbocycles. The van der Waals surface area contributed by atoms with Crippen LogP contribution >= 0.6 is 0 Å². The van der Waals surface area contributed by atoms with Crippen LogP contribution in [0.2, 0.25) is 0 Å². The quantitative estimate of drug-likeness (QED) is 0.928. The summed E-state index contributed by atoms with van der Waals surface area (Å²) in [5.74, 6) is -0.258. The van der Waals surface area contributed by atoms with Gasteiger partial charge in [0.1, 0.15) is 0 Å². The molecule has 0 radical (unpaired) electrons. The second-order valence-corrected chi connectivity index (χ2v) is 5.46. The van der Waals surface area contributed by atoms with Crippen molar-refractivity contribution in [3.05, 3.63) is 46.8 Å². The molecule has 1 aromatic carbocycles. The third-order valence-electron chi connectivity index (χ3n) is 3.57. The monoisotopic (exact) mass is 325 g/mol. The Morgan fingerprint density at radius 3 is 2.35 bits per heavy atom. The van der Waals surface area contributed by atoms with Crippen molar-refractivity contribution in [3.8, 4) is 0 Å². The van der Waals surface area contributed by atoms with Gasteiger partial charge in [-0.3, -0.25) is 9.48 Å². The lowest BCUT2D eigenvalue weighted by Gasteiger charge is -2.11. The Morgan fingerprint density at radius 1 is 1.22 bits per heavy atom. The maximum atomic E-state index is 12.6. The fourth-order valence-corrected chi connectivity index (χ4v) is 2.30. The van der Waals surface area contributed by atoms with Crippen molar-refractivity contribution in [1.82, 2.24) is 9.78 Å². The first kappa shape index (κ1) is 17.1. The van der Waals surface area contributed by atoms with Gasteiger partial charge in [-0.2, -0.15) is 18.3 Å². The number of hydrogen-bond acceptors (Lipinski definition) is 2. The molecule has 0 spiro atoms. The summed E-state index contributed by atoms with van der Waals surface area (Å²) in [6.07, 6.45) is -4.43. The van der Waals surface area contributed by atoms with Crippen molar-refractivity contribution in [3.63, 3.8) is 0 Å². The van der Waals surface area contributed by atoms with Crippen LogP contribution in [-0.2, 0) is 17.5 Å². The number of anilines is 1. The van der Waals surface area contributed by atoms with Gasteiger partial charge in [0.15, 0.2) is 5.69 Å². The Hall–Kier alpha value is -2.31. The Labute approximate surface area is 132 Å². The van der Waals surface area contributed by atoms with Crippen LogP contribution in [0.25, 0.3) is 0 Å². The molecule has 0 saturated heterocycles. The first-order valence-corrected chi connectivity index (χ1v) is 7.16. The number of alkyl halides is 3. The topological polar surface area (TPSA) is 46.9 Å². The first-order chi connectivity index (χ1) is 10.7. The van der Waals surface area contributed by atoms with Crippen LogP contribution in [-0.4, -0.2) is 15.7 Å². The van der Waals surface area contributed by atoms with Gasteiger partial charge in [0, 0.05) is 24.3 Å². The highest BCUT2D eigenvalue weighted by Crippen LogP contribution is 2.28. The minimum Gasteiger partial charge on any atom is -0.326 e. The lowest BCUT2D eigenvalue weighted by Crippen LogP contribution is -2.17. The zero-order valence-corrected chi connectivity index (χ0v) is 13.2. The smallest absolute Gasteiger partial charge is 0.326 e. The summed E-state index contributed by atoms with van der Waals surface area (Å²) in [7, 11) is 0. The number of amides is 1. The molecule has 0 aliphatic rings. The number of aromatic nitrogens is 2. The fraction of sp³-hybridized carbons (Fsp3) is 0.375. The number of nitrogens with one attached hydrogen (secondary N) is 1. The number of aryl methyl sites for hydroxylation is 4. The standard InChI is InChI=1S/C16H18F3N3O/c1-10-5-4-6-11(2)15(10)20-14(23)7-8-22-12(3)9-13(21-22)16(17,18)19/h4-6,9H,7-8H2,1-3H3,(H,20,23). The van der Waals surface area contributed by atoms with E-state index >= 15 is 0 Å². The molecule has 1 amide bonds. The van der Waals surface area contributed by atoms with Gasteiger partial charge >= 0.3 is 6.18 Å². The average Bonchev–Trinajstić information content (AvgIpc) is 2.82. The number of nitrogens with zero attached hydrogens (tertiary/aromatic N) is 2. The predicted molar refractivity (Wildman–Crippen MR) is 81.1 cm³/mol. The maximum absolute atomic E-state index is 12.6. The molecule has 7 heteroatoms. The number of rotatable bonds is 4. The number of para-hydroxylation sites is 1. The van der Waals surface area contributed by atoms with Gasteiger partial charge in [-0.1, -0.05) is 18.2 Å². The highest BCUT2D eigenvalue weighted by Gasteiger charge is 2.34. The Balaban J connectivity index is 2.01. The van der Waals surface area contributed by atoms with Gasteiger partial charge in [-0.25, -0.2) is 0 Å². The lowest BCUT2D eigenvalue weighted by atomic mass is 10.1. The van der Waals surface area contributed by atoms with E-state index in [2.05, 4.69) is 10.4 Å². The van der Waals surface area contributed by atoms with Crippen LogP contribution in [0.3, 0.4) is 0 Å². The molecule has 0 aliphatic carbocycles. The van der Waals surface area contributed by atoms with Crippen LogP contribution in [0.5, 0.6) is 0 Å². The minimum atomic E-state index is -4.48. The molecule has 0 atom stereocenters. The van der Waals surface area contributed by atoms with Crippen LogP contribution < -0.4 is 5.32 Å². The van der Waals surface area contributed by atoms with Crippen LogP contribution in [0.1, 0.15) is 28.9 Å². The first-order valence-electron chi connectivity index (χ1n) is 7.16. The van der Waals surface area contributed by atoms with Crippen LogP contribution in [0.15, 0.2) is 24.3 Å². The highest BCUT2D eigenvalue weighted by atomic mass is 19.4. The third kappa shape index (κ3) is 4.12. The molecule has 0 bridgehead atoms. The zero-order valence-electron chi connectivity index (χ0n) is 13.2. The van der Waals surface area contributed by atoms with Crippen molar-refractivity contribution in [1.29, 1.82) is 0 Å². The van der Waals surface area contributed by atoms with E-state index in [-0.39, 0.29) is 18.9 Å². The van der Waals surface area contributed by atoms with Crippen LogP contribution in [0, 0.1) is 20.8 Å². The summed E-state index contributed by atoms with van der Waals surface area (Å²) < 4.78 is 39.0. The summed E-state index contributed by atoms with van der Waals surface area (Å²) in [5, 5.41) is 6.31. The van der Waals surface area contributed by atoms with E-state index in [1.807, 2.05) is 32.0 Å². The van der Waals surface area contributed by atoms with E-state index in [4.69, 9.17) is 0 Å². The molecule has 0 unspecified atom stereocenters. The Kier molecular flexibility index (Phi) is 4.77. The van der Waals surface area contributed by atoms with Gasteiger partial charge in [0.2, 0.25) is 5.91 Å². The molecular formula is C16H18F3N3O. The summed E-state index contributed by atoms with van der Waals surface area (Å²) in [4.78, 5) is 12.0. The van der Waals surface area contributed by atoms with Crippen molar-refractivity contribution in [2.24, 2.45) is 0 Å². The SMILES string of the molecule is Cc1cccc(C)c1NC(=O)CCn1nc(C(F)(F)F)cc1C. The fourth-order valence-electron chi connectivity index (χ4n) is 2.30. The van der Waals surface area contributed by atoms with E-state index in [9.17, 15) is 18.0 Å². The summed E-state index contributed by atoms with van der Waals surface area (Å²) in [6, 6.07) is 6.64. The molecular weight excluding hydrogens is 307 g/mol. The number of hydrogen-bond donors (Lipinski definition) is 1. The molecule has 1 aromatic heterocycles. The van der Waals surface area contributed by atoms with Crippen molar-refractivity contribution < 1.29 is 18.0 Å². The Morgan fingerprint density at radius 2 is 1.83 bits per heavy atom. The number of carbonyl (C=O) groups excluding carboxylic acids is 1. The molecule has 4 nitrogen and oxygen atoms in total. The van der Waals surface area contributed by atoms with E-state index in [0.717, 1.165) is 22.9 Å². The third-order valence-corrected chi connectivity index (χ3v) is 3.57. The second kappa shape index (κ2) is 6.44. The molecule has 2 rings (SSSR count). The second-order valence-electron chi connectivity index (χ2n) is 5.46. The highest BCUT2D eigenvalue weighted by molar-refractivity contribution is 5.92. The molecule has 1 heterocycles. The molecule has 23 heavy (non-hydrogen) atoms.